The van der Waals surface area contributed by atoms with E-state index in [0.717, 1.165) is 11.2 Å². The summed E-state index contributed by atoms with van der Waals surface area (Å²) in [6, 6.07) is 5.75. The van der Waals surface area contributed by atoms with Gasteiger partial charge in [0.05, 0.1) is 16.6 Å². The van der Waals surface area contributed by atoms with E-state index in [2.05, 4.69) is 40.4 Å². The van der Waals surface area contributed by atoms with Gasteiger partial charge in [-0.1, -0.05) is 0 Å². The molecule has 0 spiro atoms. The van der Waals surface area contributed by atoms with Gasteiger partial charge >= 0.3 is 0 Å². The highest BCUT2D eigenvalue weighted by Crippen LogP contribution is 2.32. The van der Waals surface area contributed by atoms with Crippen LogP contribution in [-0.2, 0) is 0 Å². The van der Waals surface area contributed by atoms with Gasteiger partial charge in [0, 0.05) is 42.0 Å². The lowest BCUT2D eigenvalue weighted by Gasteiger charge is -2.11. The van der Waals surface area contributed by atoms with Crippen LogP contribution in [-0.4, -0.2) is 41.2 Å². The third-order valence-corrected chi connectivity index (χ3v) is 4.52. The summed E-state index contributed by atoms with van der Waals surface area (Å²) in [6.45, 7) is 4.06. The highest BCUT2D eigenvalue weighted by atomic mass is 19.1. The van der Waals surface area contributed by atoms with Crippen LogP contribution >= 0.6 is 0 Å². The van der Waals surface area contributed by atoms with Gasteiger partial charge in [-0.15, -0.1) is 0 Å². The highest BCUT2D eigenvalue weighted by molar-refractivity contribution is 5.94. The van der Waals surface area contributed by atoms with Gasteiger partial charge in [0.1, 0.15) is 11.5 Å². The van der Waals surface area contributed by atoms with Crippen molar-refractivity contribution in [1.29, 1.82) is 0 Å². The summed E-state index contributed by atoms with van der Waals surface area (Å²) in [5, 5.41) is 10.5. The lowest BCUT2D eigenvalue weighted by Crippen LogP contribution is -2.09. The van der Waals surface area contributed by atoms with Gasteiger partial charge in [-0.25, -0.2) is 19.3 Å². The van der Waals surface area contributed by atoms with Crippen LogP contribution in [0.2, 0.25) is 0 Å². The van der Waals surface area contributed by atoms with Gasteiger partial charge < -0.3 is 10.3 Å². The molecule has 5 rings (SSSR count). The van der Waals surface area contributed by atoms with E-state index in [-0.39, 0.29) is 17.1 Å². The van der Waals surface area contributed by atoms with E-state index in [0.29, 0.717) is 28.3 Å². The van der Waals surface area contributed by atoms with Crippen molar-refractivity contribution in [1.82, 2.24) is 35.1 Å². The molecule has 0 amide bonds. The van der Waals surface area contributed by atoms with Crippen LogP contribution in [0.25, 0.3) is 44.8 Å². The molecule has 0 aromatic carbocycles. The maximum atomic E-state index is 15.6. The standard InChI is InChI=1S/C20H17FN8/c1-10(2)25-12-6-11(7-22-8-12)13-9-24-19-15(16(13)21)17(28-29-19)20-26-14-4-3-5-23-18(14)27-20/h3-10,25H,1-2H3,(H,23,26,27)(H,24,28,29). The fourth-order valence-corrected chi connectivity index (χ4v) is 3.29. The molecule has 144 valence electrons. The molecule has 0 aliphatic carbocycles. The third kappa shape index (κ3) is 2.96. The van der Waals surface area contributed by atoms with E-state index < -0.39 is 5.82 Å². The minimum absolute atomic E-state index is 0.236. The fraction of sp³-hybridized carbons (Fsp3) is 0.150. The topological polar surface area (TPSA) is 108 Å². The summed E-state index contributed by atoms with van der Waals surface area (Å²) >= 11 is 0. The zero-order chi connectivity index (χ0) is 20.0. The number of pyridine rings is 3. The summed E-state index contributed by atoms with van der Waals surface area (Å²) in [5.74, 6) is 0.0167. The van der Waals surface area contributed by atoms with Gasteiger partial charge in [-0.3, -0.25) is 10.1 Å². The Morgan fingerprint density at radius 2 is 2.00 bits per heavy atom. The van der Waals surface area contributed by atoms with Crippen molar-refractivity contribution in [3.8, 4) is 22.6 Å². The number of aromatic nitrogens is 7. The SMILES string of the molecule is CC(C)Nc1cncc(-c2cnc3n[nH]c(-c4nc5ncccc5[nH]4)c3c2F)c1. The summed E-state index contributed by atoms with van der Waals surface area (Å²) in [5.41, 5.74) is 3.79. The predicted octanol–water partition coefficient (Wildman–Crippen LogP) is 3.92. The molecule has 0 saturated heterocycles. The van der Waals surface area contributed by atoms with E-state index in [1.165, 1.54) is 6.20 Å². The number of H-pyrrole nitrogens is 2. The Balaban J connectivity index is 1.66. The van der Waals surface area contributed by atoms with Crippen LogP contribution in [0.5, 0.6) is 0 Å². The second-order valence-electron chi connectivity index (χ2n) is 7.00. The van der Waals surface area contributed by atoms with Gasteiger partial charge in [-0.05, 0) is 32.0 Å². The number of aromatic amines is 2. The van der Waals surface area contributed by atoms with Crippen LogP contribution in [0.4, 0.5) is 10.1 Å². The minimum atomic E-state index is -0.435. The zero-order valence-corrected chi connectivity index (χ0v) is 15.7. The number of fused-ring (bicyclic) bond motifs is 2. The first-order valence-corrected chi connectivity index (χ1v) is 9.16. The molecule has 8 nitrogen and oxygen atoms in total. The van der Waals surface area contributed by atoms with Gasteiger partial charge in [0.15, 0.2) is 17.1 Å². The van der Waals surface area contributed by atoms with E-state index in [1.807, 2.05) is 26.0 Å². The third-order valence-electron chi connectivity index (χ3n) is 4.52. The average Bonchev–Trinajstić information content (AvgIpc) is 3.32. The van der Waals surface area contributed by atoms with Crippen molar-refractivity contribution in [3.05, 3.63) is 48.8 Å². The van der Waals surface area contributed by atoms with E-state index in [1.54, 1.807) is 24.7 Å². The highest BCUT2D eigenvalue weighted by Gasteiger charge is 2.20. The van der Waals surface area contributed by atoms with Crippen LogP contribution in [0.1, 0.15) is 13.8 Å². The number of hydrogen-bond donors (Lipinski definition) is 3. The van der Waals surface area contributed by atoms with Crippen molar-refractivity contribution >= 4 is 27.9 Å². The number of nitrogens with one attached hydrogen (secondary N) is 3. The molecule has 0 aliphatic rings. The van der Waals surface area contributed by atoms with Gasteiger partial charge in [0.2, 0.25) is 0 Å². The van der Waals surface area contributed by atoms with Crippen molar-refractivity contribution in [3.63, 3.8) is 0 Å². The maximum Gasteiger partial charge on any atom is 0.184 e. The minimum Gasteiger partial charge on any atom is -0.382 e. The number of anilines is 1. The molecule has 29 heavy (non-hydrogen) atoms. The van der Waals surface area contributed by atoms with Gasteiger partial charge in [0.25, 0.3) is 0 Å². The Labute approximate surface area is 164 Å². The van der Waals surface area contributed by atoms with Crippen molar-refractivity contribution in [2.24, 2.45) is 0 Å². The molecule has 0 saturated carbocycles. The summed E-state index contributed by atoms with van der Waals surface area (Å²) in [4.78, 5) is 20.3. The molecule has 3 N–H and O–H groups in total. The molecule has 5 aromatic rings. The molecule has 5 aromatic heterocycles. The lowest BCUT2D eigenvalue weighted by molar-refractivity contribution is 0.642. The monoisotopic (exact) mass is 388 g/mol. The van der Waals surface area contributed by atoms with Crippen molar-refractivity contribution in [2.75, 3.05) is 5.32 Å². The van der Waals surface area contributed by atoms with E-state index in [9.17, 15) is 0 Å². The molecular weight excluding hydrogens is 371 g/mol. The summed E-state index contributed by atoms with van der Waals surface area (Å²) < 4.78 is 15.6. The maximum absolute atomic E-state index is 15.6. The normalized spacial score (nSPS) is 11.6. The Morgan fingerprint density at radius 3 is 2.83 bits per heavy atom. The first-order valence-electron chi connectivity index (χ1n) is 9.16. The van der Waals surface area contributed by atoms with Crippen molar-refractivity contribution < 1.29 is 4.39 Å². The molecule has 0 aliphatic heterocycles. The second-order valence-corrected chi connectivity index (χ2v) is 7.00. The van der Waals surface area contributed by atoms with Crippen LogP contribution in [0, 0.1) is 5.82 Å². The second kappa shape index (κ2) is 6.62. The Hall–Kier alpha value is -3.88. The molecular formula is C20H17FN8. The zero-order valence-electron chi connectivity index (χ0n) is 15.7. The molecule has 5 heterocycles. The fourth-order valence-electron chi connectivity index (χ4n) is 3.29. The first-order chi connectivity index (χ1) is 14.1. The summed E-state index contributed by atoms with van der Waals surface area (Å²) in [7, 11) is 0. The molecule has 0 atom stereocenters. The van der Waals surface area contributed by atoms with E-state index >= 15 is 4.39 Å². The van der Waals surface area contributed by atoms with Gasteiger partial charge in [-0.2, -0.15) is 5.10 Å². The molecule has 0 unspecified atom stereocenters. The summed E-state index contributed by atoms with van der Waals surface area (Å²) in [6.07, 6.45) is 6.45. The van der Waals surface area contributed by atoms with Crippen LogP contribution in [0.3, 0.4) is 0 Å². The van der Waals surface area contributed by atoms with Crippen molar-refractivity contribution in [2.45, 2.75) is 19.9 Å². The molecule has 0 radical (unpaired) electrons. The lowest BCUT2D eigenvalue weighted by atomic mass is 10.1. The molecule has 9 heteroatoms. The van der Waals surface area contributed by atoms with E-state index in [4.69, 9.17) is 0 Å². The largest absolute Gasteiger partial charge is 0.382 e. The van der Waals surface area contributed by atoms with Crippen LogP contribution < -0.4 is 5.32 Å². The first kappa shape index (κ1) is 17.2. The Bertz CT molecular complexity index is 1300. The molecule has 0 fully saturated rings. The number of imidazole rings is 1. The molecule has 0 bridgehead atoms. The quantitative estimate of drug-likeness (QED) is 0.431. The average molecular weight is 388 g/mol. The number of rotatable bonds is 4. The Morgan fingerprint density at radius 1 is 1.10 bits per heavy atom. The smallest absolute Gasteiger partial charge is 0.184 e. The predicted molar refractivity (Wildman–Crippen MR) is 109 cm³/mol. The number of hydrogen-bond acceptors (Lipinski definition) is 6. The number of nitrogens with zero attached hydrogens (tertiary/aromatic N) is 5. The van der Waals surface area contributed by atoms with Crippen LogP contribution in [0.15, 0.2) is 43.0 Å². The Kier molecular flexibility index (Phi) is 3.94. The number of halogens is 1.